The quantitative estimate of drug-likeness (QED) is 0.753. The molecule has 2 aromatic rings. The smallest absolute Gasteiger partial charge is 0.276 e. The molecule has 4 rings (SSSR count). The van der Waals surface area contributed by atoms with Gasteiger partial charge in [0.2, 0.25) is 5.91 Å². The van der Waals surface area contributed by atoms with Crippen LogP contribution in [0.3, 0.4) is 0 Å². The highest BCUT2D eigenvalue weighted by Gasteiger charge is 2.49. The molecule has 0 unspecified atom stereocenters. The fourth-order valence-electron chi connectivity index (χ4n) is 4.75. The van der Waals surface area contributed by atoms with E-state index in [0.29, 0.717) is 31.0 Å². The average molecular weight is 396 g/mol. The van der Waals surface area contributed by atoms with Crippen LogP contribution in [0.1, 0.15) is 54.4 Å². The van der Waals surface area contributed by atoms with Crippen molar-refractivity contribution in [1.29, 1.82) is 0 Å². The molecule has 6 nitrogen and oxygen atoms in total. The molecule has 0 saturated carbocycles. The number of oxazole rings is 1. The van der Waals surface area contributed by atoms with Gasteiger partial charge in [0.25, 0.3) is 5.91 Å². The van der Waals surface area contributed by atoms with Gasteiger partial charge in [0.15, 0.2) is 12.1 Å². The maximum atomic E-state index is 13.3. The summed E-state index contributed by atoms with van der Waals surface area (Å²) in [5, 5.41) is 0. The summed E-state index contributed by atoms with van der Waals surface area (Å²) in [6, 6.07) is 10.4. The lowest BCUT2D eigenvalue weighted by molar-refractivity contribution is -0.145. The molecule has 2 saturated heterocycles. The van der Waals surface area contributed by atoms with Crippen molar-refractivity contribution >= 4 is 11.8 Å². The topological polar surface area (TPSA) is 66.7 Å². The van der Waals surface area contributed by atoms with Crippen molar-refractivity contribution in [2.75, 3.05) is 26.2 Å². The van der Waals surface area contributed by atoms with Crippen LogP contribution in [-0.2, 0) is 17.6 Å². The summed E-state index contributed by atoms with van der Waals surface area (Å²) in [4.78, 5) is 34.2. The Kier molecular flexibility index (Phi) is 5.69. The number of aromatic nitrogens is 1. The fourth-order valence-corrected chi connectivity index (χ4v) is 4.75. The average Bonchev–Trinajstić information content (AvgIpc) is 3.39. The molecule has 2 aliphatic rings. The lowest BCUT2D eigenvalue weighted by atomic mass is 9.78. The molecular weight excluding hydrogens is 366 g/mol. The lowest BCUT2D eigenvalue weighted by Crippen LogP contribution is -2.50. The first-order valence-corrected chi connectivity index (χ1v) is 10.7. The van der Waals surface area contributed by atoms with Gasteiger partial charge in [0.05, 0.1) is 5.41 Å². The van der Waals surface area contributed by atoms with E-state index >= 15 is 0 Å². The maximum Gasteiger partial charge on any atom is 0.276 e. The zero-order valence-corrected chi connectivity index (χ0v) is 17.1. The van der Waals surface area contributed by atoms with E-state index in [1.807, 2.05) is 17.9 Å². The highest BCUT2D eigenvalue weighted by Crippen LogP contribution is 2.40. The number of hydrogen-bond donors (Lipinski definition) is 0. The predicted octanol–water partition coefficient (Wildman–Crippen LogP) is 3.32. The number of nitrogens with zero attached hydrogens (tertiary/aromatic N) is 3. The number of carbonyl (C=O) groups excluding carboxylic acids is 2. The molecule has 2 amide bonds. The van der Waals surface area contributed by atoms with Crippen molar-refractivity contribution in [2.45, 2.75) is 45.4 Å². The first-order valence-electron chi connectivity index (χ1n) is 10.7. The van der Waals surface area contributed by atoms with E-state index in [4.69, 9.17) is 4.42 Å². The van der Waals surface area contributed by atoms with Crippen LogP contribution < -0.4 is 0 Å². The fraction of sp³-hybridized carbons (Fsp3) is 0.522. The second-order valence-electron chi connectivity index (χ2n) is 8.22. The second-order valence-corrected chi connectivity index (χ2v) is 8.22. The number of aryl methyl sites for hydroxylation is 2. The summed E-state index contributed by atoms with van der Waals surface area (Å²) in [6.45, 7) is 4.66. The predicted molar refractivity (Wildman–Crippen MR) is 109 cm³/mol. The van der Waals surface area contributed by atoms with Crippen LogP contribution in [0.2, 0.25) is 0 Å². The van der Waals surface area contributed by atoms with E-state index in [1.54, 1.807) is 4.90 Å². The van der Waals surface area contributed by atoms with Gasteiger partial charge in [0, 0.05) is 32.6 Å². The van der Waals surface area contributed by atoms with Crippen LogP contribution in [0.25, 0.3) is 0 Å². The first kappa shape index (κ1) is 19.7. The highest BCUT2D eigenvalue weighted by atomic mass is 16.3. The van der Waals surface area contributed by atoms with E-state index in [-0.39, 0.29) is 11.8 Å². The molecule has 2 fully saturated rings. The van der Waals surface area contributed by atoms with Crippen molar-refractivity contribution in [1.82, 2.24) is 14.8 Å². The van der Waals surface area contributed by atoms with Crippen molar-refractivity contribution in [2.24, 2.45) is 5.41 Å². The number of likely N-dealkylation sites (tertiary alicyclic amines) is 2. The molecule has 1 aromatic heterocycles. The van der Waals surface area contributed by atoms with Gasteiger partial charge in [-0.2, -0.15) is 0 Å². The number of rotatable bonds is 6. The standard InChI is InChI=1S/C23H29N3O3/c1-2-19-20(24-17-29-19)21(27)26-15-12-23(16-26)11-7-14-25(22(23)28)13-6-10-18-8-4-3-5-9-18/h3-5,8-9,17H,2,6-7,10-16H2,1H3/t23-/m0/s1. The van der Waals surface area contributed by atoms with Gasteiger partial charge in [-0.05, 0) is 37.7 Å². The summed E-state index contributed by atoms with van der Waals surface area (Å²) < 4.78 is 5.32. The van der Waals surface area contributed by atoms with Crippen molar-refractivity contribution < 1.29 is 14.0 Å². The maximum absolute atomic E-state index is 13.3. The third-order valence-electron chi connectivity index (χ3n) is 6.37. The Hall–Kier alpha value is -2.63. The molecule has 1 atom stereocenters. The molecule has 0 N–H and O–H groups in total. The number of piperidine rings is 1. The number of amides is 2. The van der Waals surface area contributed by atoms with E-state index in [2.05, 4.69) is 29.2 Å². The minimum Gasteiger partial charge on any atom is -0.448 e. The summed E-state index contributed by atoms with van der Waals surface area (Å²) in [7, 11) is 0. The van der Waals surface area contributed by atoms with Gasteiger partial charge in [-0.25, -0.2) is 4.98 Å². The third-order valence-corrected chi connectivity index (χ3v) is 6.37. The van der Waals surface area contributed by atoms with E-state index in [9.17, 15) is 9.59 Å². The molecular formula is C23H29N3O3. The van der Waals surface area contributed by atoms with Crippen LogP contribution in [-0.4, -0.2) is 52.8 Å². The van der Waals surface area contributed by atoms with Crippen molar-refractivity contribution in [3.8, 4) is 0 Å². The number of hydrogen-bond acceptors (Lipinski definition) is 4. The lowest BCUT2D eigenvalue weighted by Gasteiger charge is -2.39. The molecule has 1 aromatic carbocycles. The SMILES string of the molecule is CCc1ocnc1C(=O)N1CC[C@@]2(CCCN(CCCc3ccccc3)C2=O)C1. The zero-order valence-electron chi connectivity index (χ0n) is 17.1. The van der Waals surface area contributed by atoms with Gasteiger partial charge >= 0.3 is 0 Å². The summed E-state index contributed by atoms with van der Waals surface area (Å²) in [5.41, 5.74) is 1.28. The Morgan fingerprint density at radius 2 is 2.03 bits per heavy atom. The molecule has 1 spiro atoms. The zero-order chi connectivity index (χ0) is 20.3. The van der Waals surface area contributed by atoms with Crippen molar-refractivity contribution in [3.63, 3.8) is 0 Å². The van der Waals surface area contributed by atoms with E-state index in [1.165, 1.54) is 12.0 Å². The number of carbonyl (C=O) groups is 2. The van der Waals surface area contributed by atoms with E-state index < -0.39 is 5.41 Å². The molecule has 6 heteroatoms. The largest absolute Gasteiger partial charge is 0.448 e. The Bertz CT molecular complexity index is 863. The summed E-state index contributed by atoms with van der Waals surface area (Å²) >= 11 is 0. The summed E-state index contributed by atoms with van der Waals surface area (Å²) in [6.07, 6.45) is 6.52. The van der Waals surface area contributed by atoms with Crippen LogP contribution in [0.4, 0.5) is 0 Å². The number of benzene rings is 1. The second kappa shape index (κ2) is 8.39. The minimum atomic E-state index is -0.420. The van der Waals surface area contributed by atoms with Gasteiger partial charge in [-0.15, -0.1) is 0 Å². The Balaban J connectivity index is 1.38. The van der Waals surface area contributed by atoms with Crippen molar-refractivity contribution in [3.05, 3.63) is 53.7 Å². The summed E-state index contributed by atoms with van der Waals surface area (Å²) in [5.74, 6) is 0.734. The molecule has 0 radical (unpaired) electrons. The van der Waals surface area contributed by atoms with Crippen LogP contribution in [0.15, 0.2) is 41.1 Å². The molecule has 0 aliphatic carbocycles. The van der Waals surface area contributed by atoms with Crippen LogP contribution in [0, 0.1) is 5.41 Å². The first-order chi connectivity index (χ1) is 14.1. The molecule has 0 bridgehead atoms. The Morgan fingerprint density at radius 3 is 2.83 bits per heavy atom. The van der Waals surface area contributed by atoms with Crippen LogP contribution in [0.5, 0.6) is 0 Å². The molecule has 29 heavy (non-hydrogen) atoms. The van der Waals surface area contributed by atoms with Gasteiger partial charge in [0.1, 0.15) is 5.76 Å². The molecule has 2 aliphatic heterocycles. The minimum absolute atomic E-state index is 0.110. The van der Waals surface area contributed by atoms with E-state index in [0.717, 1.165) is 45.2 Å². The van der Waals surface area contributed by atoms with Gasteiger partial charge in [-0.1, -0.05) is 37.3 Å². The highest BCUT2D eigenvalue weighted by molar-refractivity contribution is 5.94. The molecule has 3 heterocycles. The third kappa shape index (κ3) is 3.93. The normalized spacial score (nSPS) is 21.9. The van der Waals surface area contributed by atoms with Gasteiger partial charge < -0.3 is 14.2 Å². The molecule has 154 valence electrons. The Morgan fingerprint density at radius 1 is 1.21 bits per heavy atom. The monoisotopic (exact) mass is 395 g/mol. The van der Waals surface area contributed by atoms with Crippen LogP contribution >= 0.6 is 0 Å². The Labute approximate surface area is 171 Å². The van der Waals surface area contributed by atoms with Gasteiger partial charge in [-0.3, -0.25) is 9.59 Å².